The Kier molecular flexibility index (Phi) is 6.68. The molecule has 1 aliphatic heterocycles. The molecule has 1 aliphatic carbocycles. The molecule has 0 bridgehead atoms. The fourth-order valence-corrected chi connectivity index (χ4v) is 3.87. The molecule has 1 atom stereocenters. The van der Waals surface area contributed by atoms with E-state index in [1.54, 1.807) is 6.07 Å². The van der Waals surface area contributed by atoms with Crippen molar-refractivity contribution in [3.8, 4) is 6.07 Å². The number of carbonyl (C=O) groups excluding carboxylic acids is 2. The van der Waals surface area contributed by atoms with Crippen molar-refractivity contribution in [3.63, 3.8) is 0 Å². The first kappa shape index (κ1) is 22.4. The maximum absolute atomic E-state index is 13.3. The lowest BCUT2D eigenvalue weighted by Gasteiger charge is -2.23. The number of aromatic amines is 1. The number of allylic oxidation sites excluding steroid dienone is 1. The maximum atomic E-state index is 13.3. The third-order valence-corrected chi connectivity index (χ3v) is 5.39. The zero-order valence-corrected chi connectivity index (χ0v) is 17.3. The first-order valence-corrected chi connectivity index (χ1v) is 10.2. The highest BCUT2D eigenvalue weighted by atomic mass is 19.3. The van der Waals surface area contributed by atoms with Crippen molar-refractivity contribution in [3.05, 3.63) is 34.7 Å². The van der Waals surface area contributed by atoms with Gasteiger partial charge in [-0.3, -0.25) is 9.59 Å². The molecule has 9 heteroatoms. The van der Waals surface area contributed by atoms with Crippen LogP contribution >= 0.6 is 0 Å². The number of nitrogens with two attached hydrogens (primary N) is 1. The van der Waals surface area contributed by atoms with Gasteiger partial charge < -0.3 is 16.0 Å². The second-order valence-electron chi connectivity index (χ2n) is 8.02. The summed E-state index contributed by atoms with van der Waals surface area (Å²) >= 11 is 0. The topological polar surface area (TPSA) is 125 Å². The van der Waals surface area contributed by atoms with Crippen molar-refractivity contribution in [1.29, 1.82) is 5.26 Å². The third kappa shape index (κ3) is 5.87. The van der Waals surface area contributed by atoms with Gasteiger partial charge in [-0.1, -0.05) is 5.57 Å². The number of carbonyl (C=O) groups is 2. The van der Waals surface area contributed by atoms with E-state index < -0.39 is 5.92 Å². The van der Waals surface area contributed by atoms with Crippen molar-refractivity contribution in [2.45, 2.75) is 51.4 Å². The summed E-state index contributed by atoms with van der Waals surface area (Å²) in [6.07, 6.45) is 3.66. The molecular weight excluding hydrogens is 404 g/mol. The smallest absolute Gasteiger partial charge is 0.248 e. The number of fused-ring (bicyclic) bond motifs is 1. The lowest BCUT2D eigenvalue weighted by atomic mass is 9.91. The Balaban J connectivity index is 0.000000628. The minimum absolute atomic E-state index is 0.0535. The van der Waals surface area contributed by atoms with E-state index in [9.17, 15) is 23.6 Å². The maximum Gasteiger partial charge on any atom is 0.248 e. The van der Waals surface area contributed by atoms with Crippen molar-refractivity contribution in [2.75, 3.05) is 6.54 Å². The summed E-state index contributed by atoms with van der Waals surface area (Å²) in [6.45, 7) is 2.00. The van der Waals surface area contributed by atoms with Gasteiger partial charge in [-0.05, 0) is 49.5 Å². The molecule has 2 fully saturated rings. The molecule has 2 aromatic rings. The van der Waals surface area contributed by atoms with Gasteiger partial charge in [-0.15, -0.1) is 0 Å². The van der Waals surface area contributed by atoms with Gasteiger partial charge >= 0.3 is 0 Å². The van der Waals surface area contributed by atoms with Crippen LogP contribution in [0.4, 0.5) is 8.78 Å². The van der Waals surface area contributed by atoms with Gasteiger partial charge in [0.15, 0.2) is 0 Å². The predicted octanol–water partition coefficient (Wildman–Crippen LogP) is 3.20. The minimum atomic E-state index is -2.57. The second-order valence-corrected chi connectivity index (χ2v) is 8.02. The lowest BCUT2D eigenvalue weighted by Crippen LogP contribution is -2.20. The molecule has 0 radical (unpaired) electrons. The molecule has 0 spiro atoms. The summed E-state index contributed by atoms with van der Waals surface area (Å²) < 4.78 is 26.6. The van der Waals surface area contributed by atoms with Crippen LogP contribution in [0.5, 0.6) is 0 Å². The van der Waals surface area contributed by atoms with Crippen LogP contribution in [0.25, 0.3) is 17.1 Å². The van der Waals surface area contributed by atoms with Crippen molar-refractivity contribution >= 4 is 28.9 Å². The summed E-state index contributed by atoms with van der Waals surface area (Å²) in [5.74, 6) is -2.33. The van der Waals surface area contributed by atoms with Crippen LogP contribution in [0.15, 0.2) is 17.7 Å². The van der Waals surface area contributed by atoms with E-state index in [1.807, 2.05) is 12.1 Å². The van der Waals surface area contributed by atoms with Crippen molar-refractivity contribution < 1.29 is 18.4 Å². The van der Waals surface area contributed by atoms with E-state index in [-0.39, 0.29) is 30.6 Å². The molecule has 7 nitrogen and oxygen atoms in total. The first-order chi connectivity index (χ1) is 14.7. The van der Waals surface area contributed by atoms with Crippen LogP contribution in [0, 0.1) is 17.2 Å². The number of H-pyrrole nitrogens is 1. The Morgan fingerprint density at radius 2 is 2.06 bits per heavy atom. The average Bonchev–Trinajstić information content (AvgIpc) is 3.28. The van der Waals surface area contributed by atoms with Crippen LogP contribution in [-0.4, -0.2) is 34.2 Å². The number of nitriles is 1. The van der Waals surface area contributed by atoms with Gasteiger partial charge in [0.2, 0.25) is 17.7 Å². The molecule has 1 unspecified atom stereocenters. The predicted molar refractivity (Wildman–Crippen MR) is 112 cm³/mol. The molecule has 2 amide bonds. The van der Waals surface area contributed by atoms with Crippen molar-refractivity contribution in [2.24, 2.45) is 11.7 Å². The molecule has 164 valence electrons. The number of benzene rings is 1. The van der Waals surface area contributed by atoms with Gasteiger partial charge in [0, 0.05) is 32.2 Å². The summed E-state index contributed by atoms with van der Waals surface area (Å²) in [7, 11) is 0. The van der Waals surface area contributed by atoms with Gasteiger partial charge in [-0.2, -0.15) is 5.26 Å². The van der Waals surface area contributed by atoms with Gasteiger partial charge in [0.25, 0.3) is 0 Å². The largest absolute Gasteiger partial charge is 0.370 e. The number of alkyl halides is 2. The Bertz CT molecular complexity index is 1050. The number of nitrogens with zero attached hydrogens (tertiary/aromatic N) is 2. The van der Waals surface area contributed by atoms with Gasteiger partial charge in [-0.25, -0.2) is 13.8 Å². The number of halogens is 2. The van der Waals surface area contributed by atoms with Gasteiger partial charge in [0.05, 0.1) is 11.1 Å². The second kappa shape index (κ2) is 9.25. The third-order valence-electron chi connectivity index (χ3n) is 5.39. The Hall–Kier alpha value is -3.28. The molecule has 4 N–H and O–H groups in total. The quantitative estimate of drug-likeness (QED) is 0.693. The van der Waals surface area contributed by atoms with Crippen LogP contribution < -0.4 is 11.1 Å². The van der Waals surface area contributed by atoms with E-state index in [1.165, 1.54) is 6.92 Å². The Morgan fingerprint density at radius 1 is 1.39 bits per heavy atom. The normalized spacial score (nSPS) is 19.9. The molecule has 1 saturated carbocycles. The molecule has 2 heterocycles. The highest BCUT2D eigenvalue weighted by Crippen LogP contribution is 2.36. The van der Waals surface area contributed by atoms with Crippen molar-refractivity contribution in [1.82, 2.24) is 15.3 Å². The van der Waals surface area contributed by atoms with E-state index in [4.69, 9.17) is 0 Å². The number of aromatic nitrogens is 2. The summed E-state index contributed by atoms with van der Waals surface area (Å²) in [4.78, 5) is 28.7. The highest BCUT2D eigenvalue weighted by Gasteiger charge is 2.32. The standard InChI is InChI=1S/C20H20F2N4O.C2H5NO/c21-20(22)4-1-12(2-5-20)10-17-25-16-9-13(7-14-3-6-24-19(14)27)8-15(11-23)18(16)26-17;1-2(3)4/h8-10,14H,1-7H2,(H,24,27)(H,25,26);1H3,(H2,3,4). The molecule has 4 rings (SSSR count). The van der Waals surface area contributed by atoms with Crippen LogP contribution in [-0.2, 0) is 16.0 Å². The zero-order chi connectivity index (χ0) is 22.6. The van der Waals surface area contributed by atoms with Crippen LogP contribution in [0.2, 0.25) is 0 Å². The fourth-order valence-electron chi connectivity index (χ4n) is 3.87. The highest BCUT2D eigenvalue weighted by molar-refractivity contribution is 5.84. The fraction of sp³-hybridized carbons (Fsp3) is 0.455. The number of imidazole rings is 1. The Labute approximate surface area is 178 Å². The van der Waals surface area contributed by atoms with Gasteiger partial charge in [0.1, 0.15) is 17.4 Å². The number of hydrogen-bond acceptors (Lipinski definition) is 4. The van der Waals surface area contributed by atoms with E-state index >= 15 is 0 Å². The number of primary amides is 1. The lowest BCUT2D eigenvalue weighted by molar-refractivity contribution is -0.122. The molecule has 2 aliphatic rings. The molecule has 1 aromatic heterocycles. The van der Waals surface area contributed by atoms with Crippen LogP contribution in [0.3, 0.4) is 0 Å². The summed E-state index contributed by atoms with van der Waals surface area (Å²) in [6, 6.07) is 5.88. The zero-order valence-electron chi connectivity index (χ0n) is 17.3. The first-order valence-electron chi connectivity index (χ1n) is 10.2. The molecular formula is C22H25F2N5O2. The number of hydrogen-bond donors (Lipinski definition) is 3. The van der Waals surface area contributed by atoms with E-state index in [0.29, 0.717) is 42.7 Å². The summed E-state index contributed by atoms with van der Waals surface area (Å²) in [5, 5.41) is 12.3. The number of nitrogens with one attached hydrogen (secondary N) is 2. The van der Waals surface area contributed by atoms with Crippen LogP contribution in [0.1, 0.15) is 56.0 Å². The monoisotopic (exact) mass is 429 g/mol. The molecule has 31 heavy (non-hydrogen) atoms. The Morgan fingerprint density at radius 3 is 2.65 bits per heavy atom. The summed E-state index contributed by atoms with van der Waals surface area (Å²) in [5.41, 5.74) is 8.10. The number of amides is 2. The molecule has 1 saturated heterocycles. The molecule has 1 aromatic carbocycles. The van der Waals surface area contributed by atoms with E-state index in [0.717, 1.165) is 23.1 Å². The average molecular weight is 429 g/mol. The van der Waals surface area contributed by atoms with E-state index in [2.05, 4.69) is 27.1 Å². The SMILES string of the molecule is CC(N)=O.N#Cc1cc(CC2CCNC2=O)cc2[nH]c(C=C3CCC(F)(F)CC3)nc12. The number of rotatable bonds is 3. The minimum Gasteiger partial charge on any atom is -0.370 e.